The minimum absolute atomic E-state index is 0.300. The monoisotopic (exact) mass is 314 g/mol. The molecule has 3 N–H and O–H groups in total. The second-order valence-electron chi connectivity index (χ2n) is 6.89. The molecule has 2 aliphatic carbocycles. The Morgan fingerprint density at radius 1 is 1.43 bits per heavy atom. The highest BCUT2D eigenvalue weighted by atomic mass is 16.2. The summed E-state index contributed by atoms with van der Waals surface area (Å²) in [6.45, 7) is 4.38. The average Bonchev–Trinajstić information content (AvgIpc) is 3.40. The Labute approximate surface area is 134 Å². The molecule has 0 saturated heterocycles. The fraction of sp³-hybridized carbons (Fsp3) is 0.562. The quantitative estimate of drug-likeness (QED) is 0.791. The number of aromatic nitrogens is 4. The summed E-state index contributed by atoms with van der Waals surface area (Å²) >= 11 is 0. The number of hydrogen-bond acceptors (Lipinski definition) is 3. The summed E-state index contributed by atoms with van der Waals surface area (Å²) in [6, 6.07) is 2.00. The number of amides is 2. The van der Waals surface area contributed by atoms with Crippen molar-refractivity contribution in [1.82, 2.24) is 20.0 Å². The molecule has 2 saturated carbocycles. The number of anilines is 2. The van der Waals surface area contributed by atoms with Crippen LogP contribution in [0.5, 0.6) is 0 Å². The molecule has 2 aromatic rings. The third-order valence-electron chi connectivity index (χ3n) is 4.93. The van der Waals surface area contributed by atoms with Gasteiger partial charge in [-0.05, 0) is 38.0 Å². The van der Waals surface area contributed by atoms with Gasteiger partial charge in [0.25, 0.3) is 0 Å². The van der Waals surface area contributed by atoms with Crippen LogP contribution in [0.1, 0.15) is 50.8 Å². The zero-order valence-electron chi connectivity index (χ0n) is 13.4. The minimum Gasteiger partial charge on any atom is -0.305 e. The Kier molecular flexibility index (Phi) is 3.36. The van der Waals surface area contributed by atoms with Gasteiger partial charge < -0.3 is 5.32 Å². The first-order chi connectivity index (χ1) is 11.1. The van der Waals surface area contributed by atoms with Crippen molar-refractivity contribution in [3.05, 3.63) is 24.2 Å². The molecular weight excluding hydrogens is 292 g/mol. The zero-order chi connectivity index (χ0) is 16.0. The van der Waals surface area contributed by atoms with Gasteiger partial charge in [-0.15, -0.1) is 0 Å². The van der Waals surface area contributed by atoms with Crippen molar-refractivity contribution in [2.75, 3.05) is 10.6 Å². The second-order valence-corrected chi connectivity index (χ2v) is 6.89. The van der Waals surface area contributed by atoms with Gasteiger partial charge in [-0.25, -0.2) is 4.79 Å². The highest BCUT2D eigenvalue weighted by molar-refractivity contribution is 5.98. The average molecular weight is 314 g/mol. The van der Waals surface area contributed by atoms with E-state index in [1.807, 2.05) is 16.9 Å². The van der Waals surface area contributed by atoms with Crippen LogP contribution in [0.25, 0.3) is 0 Å². The predicted molar refractivity (Wildman–Crippen MR) is 87.4 cm³/mol. The van der Waals surface area contributed by atoms with E-state index in [0.29, 0.717) is 29.4 Å². The van der Waals surface area contributed by atoms with Crippen LogP contribution < -0.4 is 10.6 Å². The molecule has 0 aromatic carbocycles. The van der Waals surface area contributed by atoms with Gasteiger partial charge in [0.2, 0.25) is 0 Å². The molecule has 7 nitrogen and oxygen atoms in total. The second kappa shape index (κ2) is 5.40. The maximum absolute atomic E-state index is 12.1. The summed E-state index contributed by atoms with van der Waals surface area (Å²) in [4.78, 5) is 12.1. The van der Waals surface area contributed by atoms with Gasteiger partial charge in [-0.1, -0.05) is 6.92 Å². The van der Waals surface area contributed by atoms with Gasteiger partial charge in [0.15, 0.2) is 5.82 Å². The van der Waals surface area contributed by atoms with E-state index < -0.39 is 0 Å². The molecule has 7 heteroatoms. The van der Waals surface area contributed by atoms with Crippen LogP contribution >= 0.6 is 0 Å². The molecule has 2 amide bonds. The molecule has 23 heavy (non-hydrogen) atoms. The number of hydrogen-bond donors (Lipinski definition) is 3. The van der Waals surface area contributed by atoms with E-state index in [4.69, 9.17) is 0 Å². The first-order valence-corrected chi connectivity index (χ1v) is 8.27. The number of H-pyrrole nitrogens is 1. The topological polar surface area (TPSA) is 87.6 Å². The number of urea groups is 1. The number of aromatic amines is 1. The van der Waals surface area contributed by atoms with Gasteiger partial charge in [0.05, 0.1) is 17.9 Å². The number of rotatable bonds is 5. The van der Waals surface area contributed by atoms with Crippen LogP contribution in [0.2, 0.25) is 0 Å². The molecule has 2 heterocycles. The molecule has 2 aliphatic rings. The maximum atomic E-state index is 12.1. The molecule has 0 aliphatic heterocycles. The smallest absolute Gasteiger partial charge is 0.305 e. The van der Waals surface area contributed by atoms with Crippen molar-refractivity contribution in [2.24, 2.45) is 11.8 Å². The molecular formula is C16H22N6O. The van der Waals surface area contributed by atoms with E-state index in [1.54, 1.807) is 6.20 Å². The molecule has 122 valence electrons. The van der Waals surface area contributed by atoms with Crippen molar-refractivity contribution < 1.29 is 4.79 Å². The fourth-order valence-electron chi connectivity index (χ4n) is 3.04. The lowest BCUT2D eigenvalue weighted by molar-refractivity contribution is 0.262. The normalized spacial score (nSPS) is 24.3. The summed E-state index contributed by atoms with van der Waals surface area (Å²) in [7, 11) is 0. The van der Waals surface area contributed by atoms with Gasteiger partial charge >= 0.3 is 6.03 Å². The van der Waals surface area contributed by atoms with Crippen molar-refractivity contribution in [3.63, 3.8) is 0 Å². The lowest BCUT2D eigenvalue weighted by atomic mass is 10.2. The van der Waals surface area contributed by atoms with Crippen molar-refractivity contribution in [2.45, 2.75) is 45.1 Å². The van der Waals surface area contributed by atoms with Crippen LogP contribution in [0, 0.1) is 11.8 Å². The Bertz CT molecular complexity index is 716. The Morgan fingerprint density at radius 2 is 2.22 bits per heavy atom. The first kappa shape index (κ1) is 14.3. The highest BCUT2D eigenvalue weighted by Gasteiger charge is 2.35. The minimum atomic E-state index is -0.300. The van der Waals surface area contributed by atoms with Crippen LogP contribution in [0.15, 0.2) is 18.5 Å². The Morgan fingerprint density at radius 3 is 2.91 bits per heavy atom. The highest BCUT2D eigenvalue weighted by Crippen LogP contribution is 2.46. The largest absolute Gasteiger partial charge is 0.324 e. The van der Waals surface area contributed by atoms with Crippen LogP contribution in [0.3, 0.4) is 0 Å². The summed E-state index contributed by atoms with van der Waals surface area (Å²) < 4.78 is 1.93. The Hall–Kier alpha value is -2.31. The van der Waals surface area contributed by atoms with E-state index in [2.05, 4.69) is 39.8 Å². The van der Waals surface area contributed by atoms with Crippen molar-refractivity contribution in [1.29, 1.82) is 0 Å². The van der Waals surface area contributed by atoms with Gasteiger partial charge in [0.1, 0.15) is 0 Å². The zero-order valence-corrected chi connectivity index (χ0v) is 13.4. The molecule has 0 spiro atoms. The van der Waals surface area contributed by atoms with Crippen LogP contribution in [0.4, 0.5) is 16.3 Å². The van der Waals surface area contributed by atoms with E-state index in [-0.39, 0.29) is 6.03 Å². The summed E-state index contributed by atoms with van der Waals surface area (Å²) in [5, 5.41) is 17.0. The third kappa shape index (κ3) is 3.09. The lowest BCUT2D eigenvalue weighted by Gasteiger charge is -2.09. The third-order valence-corrected chi connectivity index (χ3v) is 4.93. The van der Waals surface area contributed by atoms with Gasteiger partial charge in [-0.2, -0.15) is 10.2 Å². The SMILES string of the molecule is CC1CC1c1cc(NC(=O)Nc2cnn(C(C)C3CC3)c2)n[nH]1. The fourth-order valence-corrected chi connectivity index (χ4v) is 3.04. The number of nitrogens with one attached hydrogen (secondary N) is 3. The van der Waals surface area contributed by atoms with E-state index >= 15 is 0 Å². The number of nitrogens with zero attached hydrogens (tertiary/aromatic N) is 3. The summed E-state index contributed by atoms with van der Waals surface area (Å²) in [5.41, 5.74) is 1.79. The summed E-state index contributed by atoms with van der Waals surface area (Å²) in [6.07, 6.45) is 7.29. The van der Waals surface area contributed by atoms with E-state index in [0.717, 1.165) is 11.6 Å². The van der Waals surface area contributed by atoms with E-state index in [1.165, 1.54) is 19.3 Å². The molecule has 2 aromatic heterocycles. The van der Waals surface area contributed by atoms with Crippen LogP contribution in [-0.4, -0.2) is 26.0 Å². The Balaban J connectivity index is 1.33. The number of carbonyl (C=O) groups excluding carboxylic acids is 1. The van der Waals surface area contributed by atoms with E-state index in [9.17, 15) is 4.79 Å². The van der Waals surface area contributed by atoms with Crippen molar-refractivity contribution >= 4 is 17.5 Å². The molecule has 2 fully saturated rings. The van der Waals surface area contributed by atoms with Crippen LogP contribution in [-0.2, 0) is 0 Å². The predicted octanol–water partition coefficient (Wildman–Crippen LogP) is 3.34. The molecule has 0 radical (unpaired) electrons. The number of carbonyl (C=O) groups is 1. The first-order valence-electron chi connectivity index (χ1n) is 8.27. The summed E-state index contributed by atoms with van der Waals surface area (Å²) in [5.74, 6) is 2.54. The standard InChI is InChI=1S/C16H22N6O/c1-9-5-13(9)14-6-15(21-20-14)19-16(23)18-12-7-17-22(8-12)10(2)11-3-4-11/h6-11,13H,3-5H2,1-2H3,(H3,18,19,20,21,23). The molecule has 3 atom stereocenters. The van der Waals surface area contributed by atoms with Gasteiger partial charge in [0, 0.05) is 23.9 Å². The molecule has 3 unspecified atom stereocenters. The molecule has 0 bridgehead atoms. The lowest BCUT2D eigenvalue weighted by Crippen LogP contribution is -2.19. The maximum Gasteiger partial charge on any atom is 0.324 e. The van der Waals surface area contributed by atoms with Gasteiger partial charge in [-0.3, -0.25) is 15.1 Å². The van der Waals surface area contributed by atoms with Crippen molar-refractivity contribution in [3.8, 4) is 0 Å². The molecule has 4 rings (SSSR count).